The minimum Gasteiger partial charge on any atom is -0.353 e. The number of aliphatic imine (C=N–C) groups is 1. The fourth-order valence-electron chi connectivity index (χ4n) is 4.95. The van der Waals surface area contributed by atoms with Crippen molar-refractivity contribution < 1.29 is 17.2 Å². The normalized spacial score (nSPS) is 23.4. The molecule has 3 aromatic carbocycles. The molecule has 1 saturated heterocycles. The Labute approximate surface area is 253 Å². The van der Waals surface area contributed by atoms with E-state index < -0.39 is 21.7 Å². The van der Waals surface area contributed by atoms with Gasteiger partial charge in [-0.2, -0.15) is 0 Å². The molecule has 2 aliphatic rings. The van der Waals surface area contributed by atoms with Crippen LogP contribution in [0.25, 0.3) is 0 Å². The van der Waals surface area contributed by atoms with E-state index in [-0.39, 0.29) is 40.1 Å². The fraction of sp³-hybridized carbons (Fsp3) is 0.345. The number of nitrogens with zero attached hydrogens (tertiary/aromatic N) is 2. The summed E-state index contributed by atoms with van der Waals surface area (Å²) in [6.45, 7) is 5.39. The predicted molar refractivity (Wildman–Crippen MR) is 164 cm³/mol. The molecule has 1 aliphatic carbocycles. The Morgan fingerprint density at radius 2 is 1.73 bits per heavy atom. The van der Waals surface area contributed by atoms with Crippen LogP contribution in [0.4, 0.5) is 14.5 Å². The van der Waals surface area contributed by atoms with Gasteiger partial charge in [-0.05, 0) is 65.4 Å². The Bertz CT molecular complexity index is 1490. The Morgan fingerprint density at radius 1 is 1.05 bits per heavy atom. The van der Waals surface area contributed by atoms with Crippen molar-refractivity contribution in [1.82, 2.24) is 10.6 Å². The highest BCUT2D eigenvalue weighted by atomic mass is 79.9. The van der Waals surface area contributed by atoms with Crippen molar-refractivity contribution in [2.24, 2.45) is 10.9 Å². The van der Waals surface area contributed by atoms with Gasteiger partial charge in [-0.1, -0.05) is 60.1 Å². The zero-order valence-electron chi connectivity index (χ0n) is 22.2. The maximum Gasteiger partial charge on any atom is 0.235 e. The smallest absolute Gasteiger partial charge is 0.235 e. The quantitative estimate of drug-likeness (QED) is 0.233. The summed E-state index contributed by atoms with van der Waals surface area (Å²) in [4.78, 5) is 4.78. The van der Waals surface area contributed by atoms with Gasteiger partial charge in [0.25, 0.3) is 0 Å². The van der Waals surface area contributed by atoms with Crippen molar-refractivity contribution in [1.29, 1.82) is 0 Å². The molecule has 1 aliphatic heterocycles. The zero-order valence-corrected chi connectivity index (χ0v) is 26.3. The van der Waals surface area contributed by atoms with Gasteiger partial charge in [0.1, 0.15) is 0 Å². The lowest BCUT2D eigenvalue weighted by Gasteiger charge is -2.18. The Kier molecular flexibility index (Phi) is 9.26. The first-order chi connectivity index (χ1) is 18.5. The molecule has 0 bridgehead atoms. The summed E-state index contributed by atoms with van der Waals surface area (Å²) >= 11 is 3.45. The van der Waals surface area contributed by atoms with Crippen molar-refractivity contribution in [2.45, 2.75) is 44.8 Å². The number of benzene rings is 3. The monoisotopic (exact) mass is 696 g/mol. The minimum absolute atomic E-state index is 0. The van der Waals surface area contributed by atoms with E-state index in [0.29, 0.717) is 31.3 Å². The molecular formula is C29H32Br2F2N4O2S. The number of guanidine groups is 1. The van der Waals surface area contributed by atoms with Crippen molar-refractivity contribution in [3.05, 3.63) is 99.5 Å². The number of hydrogen-bond donors (Lipinski definition) is 2. The molecular weight excluding hydrogens is 666 g/mol. The lowest BCUT2D eigenvalue weighted by atomic mass is 9.97. The molecule has 40 heavy (non-hydrogen) atoms. The molecule has 3 unspecified atom stereocenters. The molecule has 214 valence electrons. The lowest BCUT2D eigenvalue weighted by Crippen LogP contribution is -2.40. The first kappa shape index (κ1) is 30.5. The predicted octanol–water partition coefficient (Wildman–Crippen LogP) is 6.06. The van der Waals surface area contributed by atoms with E-state index in [1.807, 2.05) is 62.4 Å². The molecule has 2 fully saturated rings. The highest BCUT2D eigenvalue weighted by molar-refractivity contribution is 9.10. The number of rotatable bonds is 7. The van der Waals surface area contributed by atoms with Crippen LogP contribution in [0, 0.1) is 17.6 Å². The summed E-state index contributed by atoms with van der Waals surface area (Å²) in [5, 5.41) is 6.84. The van der Waals surface area contributed by atoms with Crippen LogP contribution in [0.5, 0.6) is 0 Å². The van der Waals surface area contributed by atoms with Crippen LogP contribution in [0.15, 0.2) is 76.2 Å². The molecule has 0 aromatic heterocycles. The van der Waals surface area contributed by atoms with Crippen LogP contribution in [0.2, 0.25) is 0 Å². The number of nitrogens with one attached hydrogen (secondary N) is 2. The van der Waals surface area contributed by atoms with Crippen molar-refractivity contribution in [2.75, 3.05) is 16.6 Å². The van der Waals surface area contributed by atoms with Crippen molar-refractivity contribution >= 4 is 54.6 Å². The topological polar surface area (TPSA) is 73.8 Å². The summed E-state index contributed by atoms with van der Waals surface area (Å²) in [6, 6.07) is 19.5. The summed E-state index contributed by atoms with van der Waals surface area (Å²) in [7, 11) is -3.27. The molecule has 2 N–H and O–H groups in total. The van der Waals surface area contributed by atoms with Gasteiger partial charge in [0.15, 0.2) is 17.6 Å². The second-order valence-electron chi connectivity index (χ2n) is 10.7. The summed E-state index contributed by atoms with van der Waals surface area (Å²) in [5.41, 5.74) is 3.09. The van der Waals surface area contributed by atoms with E-state index in [2.05, 4.69) is 26.6 Å². The third-order valence-electron chi connectivity index (χ3n) is 7.45. The third kappa shape index (κ3) is 6.86. The number of halogens is 4. The SMILES string of the molecule is Br.CC1CN(c2ccc(CN=C(NCc3ccc(Br)cc3)NC3CC3(C)c3ccc(F)c(F)c3)cc2)S(=O)(=O)C1. The van der Waals surface area contributed by atoms with Crippen LogP contribution < -0.4 is 14.9 Å². The van der Waals surface area contributed by atoms with Gasteiger partial charge >= 0.3 is 0 Å². The average Bonchev–Trinajstić information content (AvgIpc) is 3.47. The van der Waals surface area contributed by atoms with E-state index >= 15 is 0 Å². The first-order valence-electron chi connectivity index (χ1n) is 12.9. The maximum atomic E-state index is 13.9. The van der Waals surface area contributed by atoms with E-state index in [4.69, 9.17) is 4.99 Å². The zero-order chi connectivity index (χ0) is 27.8. The Morgan fingerprint density at radius 3 is 2.35 bits per heavy atom. The second-order valence-corrected chi connectivity index (χ2v) is 13.5. The van der Waals surface area contributed by atoms with Crippen LogP contribution in [-0.2, 0) is 28.5 Å². The average molecular weight is 698 g/mol. The van der Waals surface area contributed by atoms with Crippen LogP contribution in [-0.4, -0.2) is 32.7 Å². The molecule has 3 atom stereocenters. The van der Waals surface area contributed by atoms with Gasteiger partial charge in [-0.3, -0.25) is 4.31 Å². The summed E-state index contributed by atoms with van der Waals surface area (Å²) in [5.74, 6) is -0.823. The standard InChI is InChI=1S/C29H31BrF2N4O2S.BrH/c1-19-17-36(39(37,38)18-19)24-10-5-21(6-11-24)16-34-28(33-15-20-3-8-23(30)9-4-20)35-27-14-29(27,2)22-7-12-25(31)26(32)13-22;/h3-13,19,27H,14-18H2,1-2H3,(H2,33,34,35);1H. The van der Waals surface area contributed by atoms with Gasteiger partial charge in [-0.15, -0.1) is 17.0 Å². The number of sulfonamides is 1. The van der Waals surface area contributed by atoms with Gasteiger partial charge in [-0.25, -0.2) is 22.2 Å². The first-order valence-corrected chi connectivity index (χ1v) is 15.3. The van der Waals surface area contributed by atoms with Gasteiger partial charge in [0.2, 0.25) is 10.0 Å². The largest absolute Gasteiger partial charge is 0.353 e. The molecule has 0 amide bonds. The van der Waals surface area contributed by atoms with E-state index in [0.717, 1.165) is 27.6 Å². The lowest BCUT2D eigenvalue weighted by molar-refractivity contribution is 0.504. The molecule has 1 heterocycles. The van der Waals surface area contributed by atoms with Gasteiger partial charge in [0, 0.05) is 29.0 Å². The van der Waals surface area contributed by atoms with E-state index in [1.165, 1.54) is 16.4 Å². The van der Waals surface area contributed by atoms with Crippen molar-refractivity contribution in [3.63, 3.8) is 0 Å². The van der Waals surface area contributed by atoms with Gasteiger partial charge in [0.05, 0.1) is 18.0 Å². The second kappa shape index (κ2) is 12.2. The molecule has 0 radical (unpaired) electrons. The maximum absolute atomic E-state index is 13.9. The third-order valence-corrected chi connectivity index (χ3v) is 10.0. The van der Waals surface area contributed by atoms with Crippen LogP contribution >= 0.6 is 32.9 Å². The van der Waals surface area contributed by atoms with E-state index in [1.54, 1.807) is 6.07 Å². The highest BCUT2D eigenvalue weighted by Crippen LogP contribution is 2.48. The number of anilines is 1. The van der Waals surface area contributed by atoms with E-state index in [9.17, 15) is 17.2 Å². The Balaban J connectivity index is 0.00000370. The minimum atomic E-state index is -3.27. The Hall–Kier alpha value is -2.50. The van der Waals surface area contributed by atoms with Crippen molar-refractivity contribution in [3.8, 4) is 0 Å². The molecule has 5 rings (SSSR count). The molecule has 0 spiro atoms. The molecule has 1 saturated carbocycles. The summed E-state index contributed by atoms with van der Waals surface area (Å²) < 4.78 is 54.7. The summed E-state index contributed by atoms with van der Waals surface area (Å²) in [6.07, 6.45) is 0.758. The van der Waals surface area contributed by atoms with Gasteiger partial charge < -0.3 is 10.6 Å². The fourth-order valence-corrected chi connectivity index (χ4v) is 7.15. The molecule has 3 aromatic rings. The highest BCUT2D eigenvalue weighted by Gasteiger charge is 2.52. The van der Waals surface area contributed by atoms with Crippen LogP contribution in [0.1, 0.15) is 37.0 Å². The molecule has 11 heteroatoms. The molecule has 6 nitrogen and oxygen atoms in total. The van der Waals surface area contributed by atoms with Crippen LogP contribution in [0.3, 0.4) is 0 Å². The number of hydrogen-bond acceptors (Lipinski definition) is 3.